The van der Waals surface area contributed by atoms with Crippen LogP contribution in [0.2, 0.25) is 0 Å². The van der Waals surface area contributed by atoms with Crippen LogP contribution in [0.15, 0.2) is 33.6 Å². The fraction of sp³-hybridized carbons (Fsp3) is 0.478. The van der Waals surface area contributed by atoms with E-state index in [1.165, 1.54) is 4.57 Å². The number of hydrogen-bond acceptors (Lipinski definition) is 5. The van der Waals surface area contributed by atoms with Crippen LogP contribution >= 0.6 is 0 Å². The van der Waals surface area contributed by atoms with E-state index < -0.39 is 5.76 Å². The largest absolute Gasteiger partial charge is 0.420 e. The number of hydrogen-bond donors (Lipinski definition) is 1. The number of benzene rings is 1. The number of aromatic nitrogens is 3. The zero-order chi connectivity index (χ0) is 22.2. The molecule has 1 unspecified atom stereocenters. The van der Waals surface area contributed by atoms with E-state index in [0.717, 1.165) is 62.9 Å². The van der Waals surface area contributed by atoms with Gasteiger partial charge in [-0.15, -0.1) is 0 Å². The predicted octanol–water partition coefficient (Wildman–Crippen LogP) is 2.40. The highest BCUT2D eigenvalue weighted by Crippen LogP contribution is 2.32. The minimum atomic E-state index is -0.568. The zero-order valence-electron chi connectivity index (χ0n) is 18.2. The van der Waals surface area contributed by atoms with E-state index in [9.17, 15) is 14.4 Å². The molecule has 0 spiro atoms. The van der Waals surface area contributed by atoms with Crippen molar-refractivity contribution in [1.29, 1.82) is 0 Å². The first kappa shape index (κ1) is 20.5. The SMILES string of the molecule is Cn1cc2c(n1)CCCC2C(=O)Nc1ccc2oc(=O)n(CC(=O)N3CCCCC3)c2c1. The fourth-order valence-corrected chi connectivity index (χ4v) is 4.84. The second-order valence-corrected chi connectivity index (χ2v) is 8.72. The molecule has 1 aliphatic carbocycles. The van der Waals surface area contributed by atoms with Crippen LogP contribution in [0.1, 0.15) is 49.3 Å². The van der Waals surface area contributed by atoms with Crippen LogP contribution in [0.25, 0.3) is 11.1 Å². The molecule has 32 heavy (non-hydrogen) atoms. The Kier molecular flexibility index (Phi) is 5.32. The first-order chi connectivity index (χ1) is 15.5. The molecule has 1 fully saturated rings. The Labute approximate surface area is 185 Å². The summed E-state index contributed by atoms with van der Waals surface area (Å²) in [7, 11) is 1.87. The lowest BCUT2D eigenvalue weighted by Crippen LogP contribution is -2.39. The number of carbonyl (C=O) groups excluding carboxylic acids is 2. The minimum Gasteiger partial charge on any atom is -0.408 e. The molecular weight excluding hydrogens is 410 g/mol. The Balaban J connectivity index is 1.37. The van der Waals surface area contributed by atoms with Gasteiger partial charge in [-0.2, -0.15) is 5.10 Å². The smallest absolute Gasteiger partial charge is 0.408 e. The van der Waals surface area contributed by atoms with Crippen molar-refractivity contribution in [3.63, 3.8) is 0 Å². The molecule has 9 nitrogen and oxygen atoms in total. The standard InChI is InChI=1S/C23H27N5O4/c1-26-13-17-16(6-5-7-18(17)25-26)22(30)24-15-8-9-20-19(12-15)28(23(31)32-20)14-21(29)27-10-3-2-4-11-27/h8-9,12-13,16H,2-7,10-11,14H2,1H3,(H,24,30). The summed E-state index contributed by atoms with van der Waals surface area (Å²) in [6.45, 7) is 1.38. The van der Waals surface area contributed by atoms with Crippen LogP contribution in [0, 0.1) is 0 Å². The molecule has 1 N–H and O–H groups in total. The summed E-state index contributed by atoms with van der Waals surface area (Å²) >= 11 is 0. The van der Waals surface area contributed by atoms with Gasteiger partial charge in [0.25, 0.3) is 0 Å². The molecule has 9 heteroatoms. The Morgan fingerprint density at radius 2 is 2.00 bits per heavy atom. The van der Waals surface area contributed by atoms with Gasteiger partial charge in [0.2, 0.25) is 11.8 Å². The first-order valence-corrected chi connectivity index (χ1v) is 11.2. The van der Waals surface area contributed by atoms with Gasteiger partial charge in [-0.1, -0.05) is 0 Å². The van der Waals surface area contributed by atoms with Crippen molar-refractivity contribution >= 4 is 28.6 Å². The van der Waals surface area contributed by atoms with E-state index in [-0.39, 0.29) is 24.3 Å². The number of carbonyl (C=O) groups is 2. The van der Waals surface area contributed by atoms with E-state index in [1.807, 2.05) is 13.2 Å². The summed E-state index contributed by atoms with van der Waals surface area (Å²) in [6.07, 6.45) is 7.60. The van der Waals surface area contributed by atoms with E-state index in [2.05, 4.69) is 10.4 Å². The lowest BCUT2D eigenvalue weighted by molar-refractivity contribution is -0.132. The summed E-state index contributed by atoms with van der Waals surface area (Å²) < 4.78 is 8.43. The minimum absolute atomic E-state index is 0.0646. The Hall–Kier alpha value is -3.36. The van der Waals surface area contributed by atoms with Crippen molar-refractivity contribution in [3.05, 3.63) is 46.2 Å². The highest BCUT2D eigenvalue weighted by molar-refractivity contribution is 5.97. The topological polar surface area (TPSA) is 102 Å². The molecule has 0 bridgehead atoms. The Morgan fingerprint density at radius 3 is 2.81 bits per heavy atom. The van der Waals surface area contributed by atoms with Crippen LogP contribution in [-0.4, -0.2) is 44.2 Å². The number of oxazole rings is 1. The number of likely N-dealkylation sites (tertiary alicyclic amines) is 1. The predicted molar refractivity (Wildman–Crippen MR) is 118 cm³/mol. The molecule has 0 saturated carbocycles. The third kappa shape index (κ3) is 3.83. The van der Waals surface area contributed by atoms with Gasteiger partial charge in [0, 0.05) is 37.6 Å². The van der Waals surface area contributed by atoms with Gasteiger partial charge in [-0.25, -0.2) is 4.79 Å². The maximum Gasteiger partial charge on any atom is 0.420 e. The number of rotatable bonds is 4. The lowest BCUT2D eigenvalue weighted by Gasteiger charge is -2.26. The second kappa shape index (κ2) is 8.29. The summed E-state index contributed by atoms with van der Waals surface area (Å²) in [5, 5.41) is 7.44. The molecule has 1 saturated heterocycles. The molecule has 1 aliphatic heterocycles. The van der Waals surface area contributed by atoms with E-state index in [1.54, 1.807) is 27.8 Å². The maximum absolute atomic E-state index is 13.0. The quantitative estimate of drug-likeness (QED) is 0.675. The molecular formula is C23H27N5O4. The molecule has 2 amide bonds. The summed E-state index contributed by atoms with van der Waals surface area (Å²) in [6, 6.07) is 5.08. The van der Waals surface area contributed by atoms with Crippen molar-refractivity contribution < 1.29 is 14.0 Å². The van der Waals surface area contributed by atoms with Gasteiger partial charge in [0.1, 0.15) is 6.54 Å². The molecule has 5 rings (SSSR count). The van der Waals surface area contributed by atoms with Gasteiger partial charge < -0.3 is 14.6 Å². The molecule has 3 aromatic rings. The van der Waals surface area contributed by atoms with Gasteiger partial charge in [-0.05, 0) is 56.7 Å². The summed E-state index contributed by atoms with van der Waals surface area (Å²) in [4.78, 5) is 40.0. The van der Waals surface area contributed by atoms with Crippen molar-refractivity contribution in [2.24, 2.45) is 7.05 Å². The van der Waals surface area contributed by atoms with Crippen LogP contribution in [0.4, 0.5) is 5.69 Å². The molecule has 2 aromatic heterocycles. The average molecular weight is 438 g/mol. The Bertz CT molecular complexity index is 1230. The average Bonchev–Trinajstić information content (AvgIpc) is 3.32. The van der Waals surface area contributed by atoms with E-state index >= 15 is 0 Å². The molecule has 0 radical (unpaired) electrons. The van der Waals surface area contributed by atoms with Crippen LogP contribution in [0.3, 0.4) is 0 Å². The number of nitrogens with one attached hydrogen (secondary N) is 1. The van der Waals surface area contributed by atoms with E-state index in [4.69, 9.17) is 4.42 Å². The number of aryl methyl sites for hydroxylation is 2. The number of anilines is 1. The first-order valence-electron chi connectivity index (χ1n) is 11.2. The molecule has 168 valence electrons. The van der Waals surface area contributed by atoms with Crippen molar-refractivity contribution in [1.82, 2.24) is 19.2 Å². The van der Waals surface area contributed by atoms with Gasteiger partial charge in [0.15, 0.2) is 5.58 Å². The molecule has 1 atom stereocenters. The summed E-state index contributed by atoms with van der Waals surface area (Å²) in [5.41, 5.74) is 3.42. The van der Waals surface area contributed by atoms with E-state index in [0.29, 0.717) is 16.8 Å². The van der Waals surface area contributed by atoms with Crippen LogP contribution in [0.5, 0.6) is 0 Å². The van der Waals surface area contributed by atoms with Crippen LogP contribution < -0.4 is 11.1 Å². The Morgan fingerprint density at radius 1 is 1.19 bits per heavy atom. The number of piperidine rings is 1. The number of amides is 2. The number of nitrogens with zero attached hydrogens (tertiary/aromatic N) is 4. The lowest BCUT2D eigenvalue weighted by atomic mass is 9.86. The normalized spacial score (nSPS) is 18.5. The summed E-state index contributed by atoms with van der Waals surface area (Å²) in [5.74, 6) is -1.01. The highest BCUT2D eigenvalue weighted by atomic mass is 16.4. The molecule has 2 aliphatic rings. The van der Waals surface area contributed by atoms with Crippen LogP contribution in [-0.2, 0) is 29.6 Å². The third-order valence-electron chi connectivity index (χ3n) is 6.47. The van der Waals surface area contributed by atoms with Gasteiger partial charge in [-0.3, -0.25) is 18.8 Å². The monoisotopic (exact) mass is 437 g/mol. The highest BCUT2D eigenvalue weighted by Gasteiger charge is 2.29. The maximum atomic E-state index is 13.0. The van der Waals surface area contributed by atoms with Gasteiger partial charge >= 0.3 is 5.76 Å². The zero-order valence-corrected chi connectivity index (χ0v) is 18.2. The number of fused-ring (bicyclic) bond motifs is 2. The molecule has 3 heterocycles. The molecule has 1 aromatic carbocycles. The van der Waals surface area contributed by atoms with Crippen molar-refractivity contribution in [2.45, 2.75) is 51.0 Å². The third-order valence-corrected chi connectivity index (χ3v) is 6.47. The van der Waals surface area contributed by atoms with Crippen molar-refractivity contribution in [2.75, 3.05) is 18.4 Å². The second-order valence-electron chi connectivity index (χ2n) is 8.72. The van der Waals surface area contributed by atoms with Crippen molar-refractivity contribution in [3.8, 4) is 0 Å². The fourth-order valence-electron chi connectivity index (χ4n) is 4.84. The van der Waals surface area contributed by atoms with Gasteiger partial charge in [0.05, 0.1) is 17.1 Å².